The Morgan fingerprint density at radius 3 is 2.68 bits per heavy atom. The summed E-state index contributed by atoms with van der Waals surface area (Å²) in [5.74, 6) is 1.01. The van der Waals surface area contributed by atoms with Crippen LogP contribution in [0.15, 0.2) is 41.5 Å². The van der Waals surface area contributed by atoms with E-state index in [-0.39, 0.29) is 17.9 Å². The highest BCUT2D eigenvalue weighted by Gasteiger charge is 2.30. The summed E-state index contributed by atoms with van der Waals surface area (Å²) in [4.78, 5) is 31.4. The lowest BCUT2D eigenvalue weighted by molar-refractivity contribution is -0.133. The zero-order chi connectivity index (χ0) is 23.7. The van der Waals surface area contributed by atoms with E-state index in [0.29, 0.717) is 43.5 Å². The van der Waals surface area contributed by atoms with Crippen LogP contribution in [0.4, 0.5) is 16.3 Å². The first-order valence-electron chi connectivity index (χ1n) is 11.8. The van der Waals surface area contributed by atoms with Crippen LogP contribution in [0.5, 0.6) is 0 Å². The number of nitrogen functional groups attached to an aromatic ring is 1. The number of hydrogen-bond donors (Lipinski definition) is 2. The number of anilines is 2. The van der Waals surface area contributed by atoms with Crippen LogP contribution in [0, 0.1) is 11.8 Å². The summed E-state index contributed by atoms with van der Waals surface area (Å²) in [6.07, 6.45) is 2.38. The molecule has 3 amide bonds. The monoisotopic (exact) mass is 462 g/mol. The molecular weight excluding hydrogens is 432 g/mol. The van der Waals surface area contributed by atoms with E-state index >= 15 is 0 Å². The molecule has 5 rings (SSSR count). The number of rotatable bonds is 4. The van der Waals surface area contributed by atoms with Gasteiger partial charge >= 0.3 is 6.03 Å². The van der Waals surface area contributed by atoms with Crippen molar-refractivity contribution in [3.63, 3.8) is 0 Å². The van der Waals surface area contributed by atoms with Crippen molar-refractivity contribution in [2.75, 3.05) is 30.8 Å². The highest BCUT2D eigenvalue weighted by Crippen LogP contribution is 2.26. The Bertz CT molecular complexity index is 1110. The number of hydrazone groups is 1. The van der Waals surface area contributed by atoms with Gasteiger partial charge in [-0.2, -0.15) is 5.10 Å². The van der Waals surface area contributed by atoms with Gasteiger partial charge in [-0.1, -0.05) is 25.1 Å². The number of carbonyl (C=O) groups is 2. The van der Waals surface area contributed by atoms with Crippen LogP contribution in [0.25, 0.3) is 0 Å². The Labute approximate surface area is 199 Å². The van der Waals surface area contributed by atoms with Crippen molar-refractivity contribution in [3.8, 4) is 0 Å². The molecule has 0 spiro atoms. The van der Waals surface area contributed by atoms with Crippen LogP contribution in [0.2, 0.25) is 0 Å². The molecule has 0 unspecified atom stereocenters. The SMILES string of the molecule is C[C@@H]1CC(=O)N(CC2CCOCC2)N=C1c1ccc(NC(=O)N2Cc3ccc(N)nc3C2)cc1. The Kier molecular flexibility index (Phi) is 6.19. The maximum Gasteiger partial charge on any atom is 0.322 e. The highest BCUT2D eigenvalue weighted by atomic mass is 16.5. The average Bonchev–Trinajstić information content (AvgIpc) is 3.26. The van der Waals surface area contributed by atoms with Gasteiger partial charge < -0.3 is 20.7 Å². The van der Waals surface area contributed by atoms with Crippen molar-refractivity contribution >= 4 is 29.2 Å². The quantitative estimate of drug-likeness (QED) is 0.724. The van der Waals surface area contributed by atoms with Gasteiger partial charge in [-0.25, -0.2) is 14.8 Å². The Balaban J connectivity index is 1.24. The van der Waals surface area contributed by atoms with Gasteiger partial charge in [-0.05, 0) is 48.1 Å². The minimum Gasteiger partial charge on any atom is -0.384 e. The lowest BCUT2D eigenvalue weighted by Gasteiger charge is -2.31. The van der Waals surface area contributed by atoms with Crippen LogP contribution < -0.4 is 11.1 Å². The number of fused-ring (bicyclic) bond motifs is 1. The molecule has 0 bridgehead atoms. The second-order valence-corrected chi connectivity index (χ2v) is 9.33. The molecular formula is C25H30N6O3. The van der Waals surface area contributed by atoms with E-state index in [9.17, 15) is 9.59 Å². The minimum absolute atomic E-state index is 0.0434. The molecule has 3 aliphatic rings. The van der Waals surface area contributed by atoms with Gasteiger partial charge in [0.05, 0.1) is 18.0 Å². The molecule has 1 atom stereocenters. The third-order valence-electron chi connectivity index (χ3n) is 6.75. The Morgan fingerprint density at radius 1 is 1.15 bits per heavy atom. The first kappa shape index (κ1) is 22.3. The molecule has 4 heterocycles. The molecule has 1 aromatic heterocycles. The van der Waals surface area contributed by atoms with Crippen LogP contribution in [0.3, 0.4) is 0 Å². The number of nitrogens with one attached hydrogen (secondary N) is 1. The van der Waals surface area contributed by atoms with Crippen molar-refractivity contribution in [3.05, 3.63) is 53.2 Å². The number of pyridine rings is 1. The number of amides is 3. The number of hydrogen-bond acceptors (Lipinski definition) is 6. The molecule has 0 radical (unpaired) electrons. The predicted molar refractivity (Wildman–Crippen MR) is 129 cm³/mol. The number of nitrogens with zero attached hydrogens (tertiary/aromatic N) is 4. The molecule has 0 saturated carbocycles. The van der Waals surface area contributed by atoms with Crippen molar-refractivity contribution in [2.45, 2.75) is 39.3 Å². The number of carbonyl (C=O) groups excluding carboxylic acids is 2. The molecule has 3 N–H and O–H groups in total. The summed E-state index contributed by atoms with van der Waals surface area (Å²) in [7, 11) is 0. The molecule has 34 heavy (non-hydrogen) atoms. The molecule has 3 aliphatic heterocycles. The fourth-order valence-electron chi connectivity index (χ4n) is 4.75. The van der Waals surface area contributed by atoms with E-state index in [1.807, 2.05) is 37.3 Å². The number of ether oxygens (including phenoxy) is 1. The van der Waals surface area contributed by atoms with Gasteiger partial charge in [0.2, 0.25) is 5.91 Å². The van der Waals surface area contributed by atoms with Gasteiger partial charge in [0.25, 0.3) is 0 Å². The zero-order valence-electron chi connectivity index (χ0n) is 19.4. The van der Waals surface area contributed by atoms with Gasteiger partial charge in [-0.15, -0.1) is 0 Å². The number of urea groups is 1. The third kappa shape index (κ3) is 4.75. The summed E-state index contributed by atoms with van der Waals surface area (Å²) in [5.41, 5.74) is 10.2. The van der Waals surface area contributed by atoms with E-state index in [2.05, 4.69) is 10.3 Å². The lowest BCUT2D eigenvalue weighted by Crippen LogP contribution is -2.40. The maximum absolute atomic E-state index is 12.8. The van der Waals surface area contributed by atoms with Crippen LogP contribution in [-0.4, -0.2) is 52.3 Å². The van der Waals surface area contributed by atoms with E-state index in [0.717, 1.165) is 48.6 Å². The molecule has 2 aromatic rings. The van der Waals surface area contributed by atoms with Crippen molar-refractivity contribution in [1.82, 2.24) is 14.9 Å². The minimum atomic E-state index is -0.180. The van der Waals surface area contributed by atoms with Crippen LogP contribution in [0.1, 0.15) is 43.0 Å². The van der Waals surface area contributed by atoms with Crippen molar-refractivity contribution in [2.24, 2.45) is 16.9 Å². The largest absolute Gasteiger partial charge is 0.384 e. The Hall–Kier alpha value is -3.46. The fraction of sp³-hybridized carbons (Fsp3) is 0.440. The normalized spacial score (nSPS) is 20.8. The van der Waals surface area contributed by atoms with Crippen LogP contribution in [-0.2, 0) is 22.6 Å². The highest BCUT2D eigenvalue weighted by molar-refractivity contribution is 6.06. The van der Waals surface area contributed by atoms with E-state index in [1.165, 1.54) is 0 Å². The zero-order valence-corrected chi connectivity index (χ0v) is 19.4. The van der Waals surface area contributed by atoms with Gasteiger partial charge in [0, 0.05) is 44.3 Å². The standard InChI is InChI=1S/C25H30N6O3/c1-16-12-23(32)31(13-17-8-10-34-11-9-17)29-24(16)18-2-5-20(6-3-18)27-25(33)30-14-19-4-7-22(26)28-21(19)15-30/h2-7,16-17H,8-15H2,1H3,(H2,26,28)(H,27,33)/t16-/m1/s1. The summed E-state index contributed by atoms with van der Waals surface area (Å²) >= 11 is 0. The fourth-order valence-corrected chi connectivity index (χ4v) is 4.75. The topological polar surface area (TPSA) is 113 Å². The van der Waals surface area contributed by atoms with Crippen LogP contribution >= 0.6 is 0 Å². The summed E-state index contributed by atoms with van der Waals surface area (Å²) in [6.45, 7) is 5.13. The first-order valence-corrected chi connectivity index (χ1v) is 11.8. The molecule has 178 valence electrons. The molecule has 9 nitrogen and oxygen atoms in total. The predicted octanol–water partition coefficient (Wildman–Crippen LogP) is 3.21. The number of aromatic nitrogens is 1. The molecule has 1 fully saturated rings. The molecule has 0 aliphatic carbocycles. The average molecular weight is 463 g/mol. The summed E-state index contributed by atoms with van der Waals surface area (Å²) in [5, 5.41) is 9.34. The summed E-state index contributed by atoms with van der Waals surface area (Å²) in [6, 6.07) is 11.2. The van der Waals surface area contributed by atoms with Gasteiger partial charge in [-0.3, -0.25) is 4.79 Å². The molecule has 1 aromatic carbocycles. The van der Waals surface area contributed by atoms with E-state index in [4.69, 9.17) is 15.6 Å². The maximum atomic E-state index is 12.8. The van der Waals surface area contributed by atoms with E-state index in [1.54, 1.807) is 16.0 Å². The first-order chi connectivity index (χ1) is 16.5. The second kappa shape index (κ2) is 9.42. The molecule has 1 saturated heterocycles. The van der Waals surface area contributed by atoms with Gasteiger partial charge in [0.15, 0.2) is 0 Å². The number of benzene rings is 1. The Morgan fingerprint density at radius 2 is 1.91 bits per heavy atom. The smallest absolute Gasteiger partial charge is 0.322 e. The van der Waals surface area contributed by atoms with Crippen molar-refractivity contribution in [1.29, 1.82) is 0 Å². The van der Waals surface area contributed by atoms with E-state index < -0.39 is 0 Å². The second-order valence-electron chi connectivity index (χ2n) is 9.33. The number of nitrogens with two attached hydrogens (primary N) is 1. The van der Waals surface area contributed by atoms with Gasteiger partial charge in [0.1, 0.15) is 5.82 Å². The summed E-state index contributed by atoms with van der Waals surface area (Å²) < 4.78 is 5.44. The van der Waals surface area contributed by atoms with Crippen molar-refractivity contribution < 1.29 is 14.3 Å². The third-order valence-corrected chi connectivity index (χ3v) is 6.75. The molecule has 9 heteroatoms. The lowest BCUT2D eigenvalue weighted by atomic mass is 9.93.